The number of carbonyl (C=O) groups excluding carboxylic acids is 1. The van der Waals surface area contributed by atoms with Crippen LogP contribution in [0.2, 0.25) is 0 Å². The second kappa shape index (κ2) is 9.16. The number of likely N-dealkylation sites (N-methyl/N-ethyl adjacent to an activating group) is 1. The summed E-state index contributed by atoms with van der Waals surface area (Å²) in [5, 5.41) is 20.3. The predicted octanol–water partition coefficient (Wildman–Crippen LogP) is 3.06. The van der Waals surface area contributed by atoms with Crippen LogP contribution in [0.3, 0.4) is 0 Å². The number of ether oxygens (including phenoxy) is 1. The van der Waals surface area contributed by atoms with Crippen LogP contribution in [0.5, 0.6) is 11.6 Å². The second-order valence-corrected chi connectivity index (χ2v) is 5.59. The Kier molecular flexibility index (Phi) is 6.89. The van der Waals surface area contributed by atoms with E-state index in [0.29, 0.717) is 0 Å². The number of rotatable bonds is 6. The molecular formula is C17H15F4N5O3. The van der Waals surface area contributed by atoms with Crippen LogP contribution < -0.4 is 10.1 Å². The van der Waals surface area contributed by atoms with Crippen LogP contribution >= 0.6 is 0 Å². The number of amides is 2. The summed E-state index contributed by atoms with van der Waals surface area (Å²) >= 11 is 0. The molecule has 0 radical (unpaired) electrons. The molecule has 1 aromatic heterocycles. The minimum atomic E-state index is -4.86. The van der Waals surface area contributed by atoms with Gasteiger partial charge in [-0.15, -0.1) is 0 Å². The number of nitriles is 1. The first-order valence-electron chi connectivity index (χ1n) is 8.15. The van der Waals surface area contributed by atoms with E-state index in [1.54, 1.807) is 6.07 Å². The molecule has 2 N–H and O–H groups in total. The number of aromatic nitrogens is 2. The van der Waals surface area contributed by atoms with Crippen LogP contribution in [0.25, 0.3) is 0 Å². The zero-order chi connectivity index (χ0) is 21.6. The Balaban J connectivity index is 2.04. The van der Waals surface area contributed by atoms with Gasteiger partial charge in [0.15, 0.2) is 11.9 Å². The number of hydrogen-bond donors (Lipinski definition) is 2. The van der Waals surface area contributed by atoms with Gasteiger partial charge >= 0.3 is 12.2 Å². The molecule has 2 rings (SSSR count). The first-order valence-corrected chi connectivity index (χ1v) is 8.15. The molecule has 0 bridgehead atoms. The van der Waals surface area contributed by atoms with E-state index in [4.69, 9.17) is 15.1 Å². The van der Waals surface area contributed by atoms with E-state index in [0.717, 1.165) is 23.4 Å². The second-order valence-electron chi connectivity index (χ2n) is 5.59. The van der Waals surface area contributed by atoms with Gasteiger partial charge in [-0.25, -0.2) is 19.2 Å². The fourth-order valence-corrected chi connectivity index (χ4v) is 2.10. The SMILES string of the molecule is CCN(C[C@@H](O)C(F)(F)F)C(=O)Nc1cnc(Oc2cccc(F)c2C#N)cn1. The quantitative estimate of drug-likeness (QED) is 0.704. The molecule has 2 aromatic rings. The van der Waals surface area contributed by atoms with Gasteiger partial charge in [-0.05, 0) is 19.1 Å². The van der Waals surface area contributed by atoms with Crippen molar-refractivity contribution in [2.45, 2.75) is 19.2 Å². The van der Waals surface area contributed by atoms with Crippen LogP contribution in [0.1, 0.15) is 12.5 Å². The molecule has 0 unspecified atom stereocenters. The molecule has 29 heavy (non-hydrogen) atoms. The minimum absolute atomic E-state index is 0.0862. The lowest BCUT2D eigenvalue weighted by Crippen LogP contribution is -2.45. The van der Waals surface area contributed by atoms with E-state index in [-0.39, 0.29) is 29.6 Å². The normalized spacial score (nSPS) is 12.0. The largest absolute Gasteiger partial charge is 0.436 e. The number of nitrogens with one attached hydrogen (secondary N) is 1. The van der Waals surface area contributed by atoms with Crippen molar-refractivity contribution in [3.05, 3.63) is 42.0 Å². The Bertz CT molecular complexity index is 899. The summed E-state index contributed by atoms with van der Waals surface area (Å²) in [6.45, 7) is 0.401. The number of alkyl halides is 3. The summed E-state index contributed by atoms with van der Waals surface area (Å²) < 4.78 is 56.2. The standard InChI is InChI=1S/C17H15F4N5O3/c1-2-26(9-13(27)17(19,20)21)16(28)25-14-7-24-15(8-23-14)29-12-5-3-4-11(18)10(12)6-22/h3-5,7-8,13,27H,2,9H2,1H3,(H,23,25,28)/t13-/m1/s1. The number of nitrogens with zero attached hydrogens (tertiary/aromatic N) is 4. The van der Waals surface area contributed by atoms with Gasteiger partial charge < -0.3 is 14.7 Å². The van der Waals surface area contributed by atoms with Crippen molar-refractivity contribution in [1.29, 1.82) is 5.26 Å². The number of benzene rings is 1. The molecule has 2 amide bonds. The Morgan fingerprint density at radius 1 is 1.38 bits per heavy atom. The number of carbonyl (C=O) groups is 1. The third-order valence-electron chi connectivity index (χ3n) is 3.60. The predicted molar refractivity (Wildman–Crippen MR) is 91.5 cm³/mol. The van der Waals surface area contributed by atoms with Gasteiger partial charge in [0, 0.05) is 6.54 Å². The zero-order valence-electron chi connectivity index (χ0n) is 14.9. The number of halogens is 4. The van der Waals surface area contributed by atoms with Crippen molar-refractivity contribution < 1.29 is 32.2 Å². The molecule has 0 aliphatic rings. The van der Waals surface area contributed by atoms with Crippen molar-refractivity contribution in [2.24, 2.45) is 0 Å². The first-order chi connectivity index (χ1) is 13.7. The molecular weight excluding hydrogens is 398 g/mol. The van der Waals surface area contributed by atoms with Crippen LogP contribution in [-0.4, -0.2) is 51.4 Å². The Morgan fingerprint density at radius 3 is 2.66 bits per heavy atom. The molecule has 1 atom stereocenters. The number of urea groups is 1. The first kappa shape index (κ1) is 21.8. The third kappa shape index (κ3) is 5.76. The Hall–Kier alpha value is -3.46. The summed E-state index contributed by atoms with van der Waals surface area (Å²) in [6.07, 6.45) is -5.41. The monoisotopic (exact) mass is 413 g/mol. The van der Waals surface area contributed by atoms with E-state index in [1.807, 2.05) is 0 Å². The van der Waals surface area contributed by atoms with Crippen molar-refractivity contribution in [3.63, 3.8) is 0 Å². The van der Waals surface area contributed by atoms with E-state index in [9.17, 15) is 22.4 Å². The minimum Gasteiger partial charge on any atom is -0.436 e. The molecule has 12 heteroatoms. The fraction of sp³-hybridized carbons (Fsp3) is 0.294. The molecule has 154 valence electrons. The molecule has 8 nitrogen and oxygen atoms in total. The summed E-state index contributed by atoms with van der Waals surface area (Å²) in [6, 6.07) is 4.51. The highest BCUT2D eigenvalue weighted by Gasteiger charge is 2.39. The Morgan fingerprint density at radius 2 is 2.10 bits per heavy atom. The highest BCUT2D eigenvalue weighted by atomic mass is 19.4. The van der Waals surface area contributed by atoms with Crippen molar-refractivity contribution >= 4 is 11.8 Å². The van der Waals surface area contributed by atoms with Crippen LogP contribution in [0, 0.1) is 17.1 Å². The van der Waals surface area contributed by atoms with Crippen molar-refractivity contribution in [3.8, 4) is 17.7 Å². The summed E-state index contributed by atoms with van der Waals surface area (Å²) in [4.78, 5) is 20.5. The van der Waals surface area contributed by atoms with Gasteiger partial charge in [-0.1, -0.05) is 6.07 Å². The topological polar surface area (TPSA) is 111 Å². The lowest BCUT2D eigenvalue weighted by atomic mass is 10.2. The number of aliphatic hydroxyl groups is 1. The Labute approximate surface area is 162 Å². The van der Waals surface area contributed by atoms with Crippen LogP contribution in [0.4, 0.5) is 28.2 Å². The van der Waals surface area contributed by atoms with E-state index < -0.39 is 30.7 Å². The van der Waals surface area contributed by atoms with E-state index >= 15 is 0 Å². The number of anilines is 1. The fourth-order valence-electron chi connectivity index (χ4n) is 2.10. The van der Waals surface area contributed by atoms with Crippen LogP contribution in [-0.2, 0) is 0 Å². The van der Waals surface area contributed by atoms with Crippen molar-refractivity contribution in [1.82, 2.24) is 14.9 Å². The van der Waals surface area contributed by atoms with Crippen molar-refractivity contribution in [2.75, 3.05) is 18.4 Å². The van der Waals surface area contributed by atoms with Gasteiger partial charge in [-0.3, -0.25) is 5.32 Å². The van der Waals surface area contributed by atoms with E-state index in [2.05, 4.69) is 15.3 Å². The molecule has 0 saturated heterocycles. The van der Waals surface area contributed by atoms with Gasteiger partial charge in [0.1, 0.15) is 23.2 Å². The summed E-state index contributed by atoms with van der Waals surface area (Å²) in [7, 11) is 0. The highest BCUT2D eigenvalue weighted by Crippen LogP contribution is 2.25. The number of hydrogen-bond acceptors (Lipinski definition) is 6. The lowest BCUT2D eigenvalue weighted by molar-refractivity contribution is -0.206. The maximum atomic E-state index is 13.6. The molecule has 0 aliphatic heterocycles. The summed E-state index contributed by atoms with van der Waals surface area (Å²) in [5.74, 6) is -1.06. The van der Waals surface area contributed by atoms with Gasteiger partial charge in [0.25, 0.3) is 0 Å². The number of aliphatic hydroxyl groups excluding tert-OH is 1. The van der Waals surface area contributed by atoms with Gasteiger partial charge in [0.05, 0.1) is 18.9 Å². The average molecular weight is 413 g/mol. The lowest BCUT2D eigenvalue weighted by Gasteiger charge is -2.25. The van der Waals surface area contributed by atoms with Gasteiger partial charge in [0.2, 0.25) is 5.88 Å². The maximum absolute atomic E-state index is 13.6. The molecule has 1 heterocycles. The molecule has 0 fully saturated rings. The molecule has 1 aromatic carbocycles. The molecule has 0 spiro atoms. The molecule has 0 aliphatic carbocycles. The third-order valence-corrected chi connectivity index (χ3v) is 3.60. The van der Waals surface area contributed by atoms with E-state index in [1.165, 1.54) is 19.1 Å². The zero-order valence-corrected chi connectivity index (χ0v) is 14.9. The smallest absolute Gasteiger partial charge is 0.416 e. The van der Waals surface area contributed by atoms with Gasteiger partial charge in [-0.2, -0.15) is 18.4 Å². The molecule has 0 saturated carbocycles. The summed E-state index contributed by atoms with van der Waals surface area (Å²) in [5.41, 5.74) is -0.325. The van der Waals surface area contributed by atoms with Crippen LogP contribution in [0.15, 0.2) is 30.6 Å². The average Bonchev–Trinajstić information content (AvgIpc) is 2.66. The highest BCUT2D eigenvalue weighted by molar-refractivity contribution is 5.88. The maximum Gasteiger partial charge on any atom is 0.416 e.